The predicted octanol–water partition coefficient (Wildman–Crippen LogP) is 3.65. The lowest BCUT2D eigenvalue weighted by Gasteiger charge is -2.23. The standard InChI is InChI=1S/C16H15F2NO2S/c1-3-10-19(16-9-6-13(17)11-15(16)18)22(20,21)14-7-4-12(2)5-8-14/h3-9,11H,1,10H2,2H3. The molecule has 0 unspecified atom stereocenters. The van der Waals surface area contributed by atoms with Gasteiger partial charge in [0.15, 0.2) is 0 Å². The Morgan fingerprint density at radius 2 is 1.77 bits per heavy atom. The molecule has 0 saturated carbocycles. The number of benzene rings is 2. The van der Waals surface area contributed by atoms with Gasteiger partial charge in [-0.15, -0.1) is 6.58 Å². The first-order chi connectivity index (χ1) is 10.4. The Hall–Kier alpha value is -2.21. The van der Waals surface area contributed by atoms with Crippen molar-refractivity contribution in [1.82, 2.24) is 0 Å². The lowest BCUT2D eigenvalue weighted by Crippen LogP contribution is -2.32. The summed E-state index contributed by atoms with van der Waals surface area (Å²) in [5.41, 5.74) is 0.684. The highest BCUT2D eigenvalue weighted by Crippen LogP contribution is 2.27. The van der Waals surface area contributed by atoms with E-state index in [1.807, 2.05) is 6.92 Å². The van der Waals surface area contributed by atoms with Gasteiger partial charge in [-0.3, -0.25) is 4.31 Å². The normalized spacial score (nSPS) is 11.2. The summed E-state index contributed by atoms with van der Waals surface area (Å²) in [7, 11) is -3.97. The van der Waals surface area contributed by atoms with Crippen molar-refractivity contribution in [2.45, 2.75) is 11.8 Å². The van der Waals surface area contributed by atoms with Crippen LogP contribution in [-0.4, -0.2) is 15.0 Å². The number of sulfonamides is 1. The zero-order valence-electron chi connectivity index (χ0n) is 12.0. The molecule has 3 nitrogen and oxygen atoms in total. The van der Waals surface area contributed by atoms with Gasteiger partial charge >= 0.3 is 0 Å². The fourth-order valence-electron chi connectivity index (χ4n) is 1.96. The van der Waals surface area contributed by atoms with Crippen molar-refractivity contribution in [2.24, 2.45) is 0 Å². The summed E-state index contributed by atoms with van der Waals surface area (Å²) in [6, 6.07) is 8.96. The molecule has 0 aliphatic heterocycles. The van der Waals surface area contributed by atoms with Crippen LogP contribution in [0.2, 0.25) is 0 Å². The third kappa shape index (κ3) is 3.17. The first-order valence-corrected chi connectivity index (χ1v) is 7.95. The van der Waals surface area contributed by atoms with Gasteiger partial charge in [0, 0.05) is 6.07 Å². The Morgan fingerprint density at radius 1 is 1.14 bits per heavy atom. The largest absolute Gasteiger partial charge is 0.264 e. The van der Waals surface area contributed by atoms with Gasteiger partial charge in [0.05, 0.1) is 17.1 Å². The van der Waals surface area contributed by atoms with Crippen molar-refractivity contribution >= 4 is 15.7 Å². The molecular formula is C16H15F2NO2S. The Balaban J connectivity index is 2.55. The molecule has 0 radical (unpaired) electrons. The molecule has 2 rings (SSSR count). The van der Waals surface area contributed by atoms with Crippen LogP contribution in [0.1, 0.15) is 5.56 Å². The maximum atomic E-state index is 14.0. The Morgan fingerprint density at radius 3 is 2.32 bits per heavy atom. The van der Waals surface area contributed by atoms with E-state index in [2.05, 4.69) is 6.58 Å². The van der Waals surface area contributed by atoms with E-state index >= 15 is 0 Å². The van der Waals surface area contributed by atoms with E-state index in [0.29, 0.717) is 6.07 Å². The second-order valence-corrected chi connectivity index (χ2v) is 6.60. The minimum Gasteiger partial charge on any atom is -0.260 e. The molecule has 0 bridgehead atoms. The molecule has 22 heavy (non-hydrogen) atoms. The van der Waals surface area contributed by atoms with E-state index in [-0.39, 0.29) is 17.1 Å². The third-order valence-electron chi connectivity index (χ3n) is 3.08. The lowest BCUT2D eigenvalue weighted by molar-refractivity contribution is 0.575. The fourth-order valence-corrected chi connectivity index (χ4v) is 3.41. The molecule has 2 aromatic carbocycles. The summed E-state index contributed by atoms with van der Waals surface area (Å²) >= 11 is 0. The number of hydrogen-bond donors (Lipinski definition) is 0. The van der Waals surface area contributed by atoms with Gasteiger partial charge in [-0.25, -0.2) is 17.2 Å². The van der Waals surface area contributed by atoms with Crippen molar-refractivity contribution < 1.29 is 17.2 Å². The summed E-state index contributed by atoms with van der Waals surface area (Å²) in [6.07, 6.45) is 1.34. The van der Waals surface area contributed by atoms with E-state index in [0.717, 1.165) is 22.0 Å². The predicted molar refractivity (Wildman–Crippen MR) is 82.3 cm³/mol. The van der Waals surface area contributed by atoms with Crippen LogP contribution in [0.4, 0.5) is 14.5 Å². The highest BCUT2D eigenvalue weighted by Gasteiger charge is 2.26. The van der Waals surface area contributed by atoms with E-state index < -0.39 is 21.7 Å². The first-order valence-electron chi connectivity index (χ1n) is 6.51. The molecule has 2 aromatic rings. The fraction of sp³-hybridized carbons (Fsp3) is 0.125. The van der Waals surface area contributed by atoms with Crippen molar-refractivity contribution in [2.75, 3.05) is 10.8 Å². The molecule has 0 fully saturated rings. The smallest absolute Gasteiger partial charge is 0.260 e. The van der Waals surface area contributed by atoms with E-state index in [4.69, 9.17) is 0 Å². The highest BCUT2D eigenvalue weighted by molar-refractivity contribution is 7.92. The van der Waals surface area contributed by atoms with Crippen LogP contribution in [0.5, 0.6) is 0 Å². The topological polar surface area (TPSA) is 37.4 Å². The minimum atomic E-state index is -3.97. The molecule has 0 aromatic heterocycles. The number of hydrogen-bond acceptors (Lipinski definition) is 2. The van der Waals surface area contributed by atoms with Gasteiger partial charge in [0.2, 0.25) is 0 Å². The molecule has 0 N–H and O–H groups in total. The van der Waals surface area contributed by atoms with Gasteiger partial charge in [0.1, 0.15) is 11.6 Å². The summed E-state index contributed by atoms with van der Waals surface area (Å²) < 4.78 is 53.2. The summed E-state index contributed by atoms with van der Waals surface area (Å²) in [5, 5.41) is 0. The third-order valence-corrected chi connectivity index (χ3v) is 4.88. The first kappa shape index (κ1) is 16.2. The van der Waals surface area contributed by atoms with Crippen LogP contribution in [0.3, 0.4) is 0 Å². The second-order valence-electron chi connectivity index (χ2n) is 4.73. The van der Waals surface area contributed by atoms with Crippen LogP contribution in [0.15, 0.2) is 60.0 Å². The van der Waals surface area contributed by atoms with Crippen molar-refractivity contribution in [1.29, 1.82) is 0 Å². The molecule has 0 aliphatic carbocycles. The average molecular weight is 323 g/mol. The molecule has 0 amide bonds. The van der Waals surface area contributed by atoms with E-state index in [1.165, 1.54) is 18.2 Å². The van der Waals surface area contributed by atoms with Crippen molar-refractivity contribution in [3.05, 3.63) is 72.3 Å². The molecule has 0 saturated heterocycles. The zero-order valence-corrected chi connectivity index (χ0v) is 12.8. The van der Waals surface area contributed by atoms with Crippen molar-refractivity contribution in [3.63, 3.8) is 0 Å². The quantitative estimate of drug-likeness (QED) is 0.788. The van der Waals surface area contributed by atoms with Crippen LogP contribution in [0.25, 0.3) is 0 Å². The molecular weight excluding hydrogens is 308 g/mol. The average Bonchev–Trinajstić information content (AvgIpc) is 2.46. The molecule has 0 spiro atoms. The van der Waals surface area contributed by atoms with E-state index in [1.54, 1.807) is 12.1 Å². The van der Waals surface area contributed by atoms with Crippen LogP contribution < -0.4 is 4.31 Å². The van der Waals surface area contributed by atoms with Gasteiger partial charge in [-0.2, -0.15) is 0 Å². The number of rotatable bonds is 5. The van der Waals surface area contributed by atoms with Gasteiger partial charge in [-0.05, 0) is 31.2 Å². The Kier molecular flexibility index (Phi) is 4.61. The van der Waals surface area contributed by atoms with Crippen LogP contribution in [0, 0.1) is 18.6 Å². The maximum absolute atomic E-state index is 14.0. The Bertz CT molecular complexity index is 786. The van der Waals surface area contributed by atoms with Crippen molar-refractivity contribution in [3.8, 4) is 0 Å². The number of aryl methyl sites for hydroxylation is 1. The van der Waals surface area contributed by atoms with Gasteiger partial charge in [-0.1, -0.05) is 23.8 Å². The highest BCUT2D eigenvalue weighted by atomic mass is 32.2. The zero-order chi connectivity index (χ0) is 16.3. The van der Waals surface area contributed by atoms with Crippen LogP contribution >= 0.6 is 0 Å². The molecule has 0 heterocycles. The second kappa shape index (κ2) is 6.27. The lowest BCUT2D eigenvalue weighted by atomic mass is 10.2. The van der Waals surface area contributed by atoms with Crippen LogP contribution in [-0.2, 0) is 10.0 Å². The number of nitrogens with zero attached hydrogens (tertiary/aromatic N) is 1. The summed E-state index contributed by atoms with van der Waals surface area (Å²) in [5.74, 6) is -1.72. The van der Waals surface area contributed by atoms with Gasteiger partial charge in [0.25, 0.3) is 10.0 Å². The summed E-state index contributed by atoms with van der Waals surface area (Å²) in [4.78, 5) is 0.0312. The maximum Gasteiger partial charge on any atom is 0.264 e. The van der Waals surface area contributed by atoms with Gasteiger partial charge < -0.3 is 0 Å². The minimum absolute atomic E-state index is 0.0312. The molecule has 0 aliphatic rings. The number of anilines is 1. The van der Waals surface area contributed by atoms with E-state index in [9.17, 15) is 17.2 Å². The molecule has 0 atom stereocenters. The Labute approximate surface area is 128 Å². The number of halogens is 2. The SMILES string of the molecule is C=CCN(c1ccc(F)cc1F)S(=O)(=O)c1ccc(C)cc1. The summed E-state index contributed by atoms with van der Waals surface area (Å²) in [6.45, 7) is 5.20. The molecule has 6 heteroatoms. The monoisotopic (exact) mass is 323 g/mol. The molecule has 116 valence electrons.